The highest BCUT2D eigenvalue weighted by Crippen LogP contribution is 2.18. The van der Waals surface area contributed by atoms with Crippen LogP contribution >= 0.6 is 0 Å². The Bertz CT molecular complexity index is 448. The highest BCUT2D eigenvalue weighted by molar-refractivity contribution is 5.95. The third kappa shape index (κ3) is 3.57. The molecule has 2 N–H and O–H groups in total. The topological polar surface area (TPSA) is 41.1 Å². The molecule has 0 saturated carbocycles. The Morgan fingerprint density at radius 3 is 2.89 bits per heavy atom. The van der Waals surface area contributed by atoms with Gasteiger partial charge in [-0.05, 0) is 55.5 Å². The molecule has 1 aliphatic rings. The molecule has 1 atom stereocenters. The fraction of sp³-hybridized carbons (Fsp3) is 0.562. The van der Waals surface area contributed by atoms with Crippen molar-refractivity contribution in [2.45, 2.75) is 33.1 Å². The third-order valence-corrected chi connectivity index (χ3v) is 3.89. The van der Waals surface area contributed by atoms with Crippen molar-refractivity contribution >= 4 is 5.91 Å². The molecule has 3 heteroatoms. The van der Waals surface area contributed by atoms with Crippen LogP contribution in [-0.2, 0) is 0 Å². The van der Waals surface area contributed by atoms with Crippen LogP contribution in [-0.4, -0.2) is 25.5 Å². The number of rotatable bonds is 4. The van der Waals surface area contributed by atoms with Crippen LogP contribution in [0.3, 0.4) is 0 Å². The van der Waals surface area contributed by atoms with Crippen molar-refractivity contribution in [3.63, 3.8) is 0 Å². The van der Waals surface area contributed by atoms with Gasteiger partial charge in [0.05, 0.1) is 0 Å². The third-order valence-electron chi connectivity index (χ3n) is 3.89. The summed E-state index contributed by atoms with van der Waals surface area (Å²) < 4.78 is 0. The fourth-order valence-electron chi connectivity index (χ4n) is 2.46. The van der Waals surface area contributed by atoms with Gasteiger partial charge in [-0.25, -0.2) is 0 Å². The standard InChI is InChI=1S/C16H24N2O/c1-11(2)14-5-4-12(3)15(8-14)16(19)18-10-13-6-7-17-9-13/h4-5,8,11,13,17H,6-7,9-10H2,1-3H3,(H,18,19). The highest BCUT2D eigenvalue weighted by atomic mass is 16.1. The number of hydrogen-bond donors (Lipinski definition) is 2. The summed E-state index contributed by atoms with van der Waals surface area (Å²) in [5, 5.41) is 6.39. The van der Waals surface area contributed by atoms with Gasteiger partial charge in [0.2, 0.25) is 0 Å². The Morgan fingerprint density at radius 2 is 2.26 bits per heavy atom. The van der Waals surface area contributed by atoms with E-state index in [1.807, 2.05) is 19.1 Å². The molecule has 1 aliphatic heterocycles. The number of amides is 1. The van der Waals surface area contributed by atoms with E-state index in [4.69, 9.17) is 0 Å². The second-order valence-electron chi connectivity index (χ2n) is 5.80. The van der Waals surface area contributed by atoms with Crippen LogP contribution in [0.4, 0.5) is 0 Å². The first kappa shape index (κ1) is 14.1. The number of carbonyl (C=O) groups is 1. The molecule has 0 aliphatic carbocycles. The lowest BCUT2D eigenvalue weighted by Crippen LogP contribution is -2.30. The van der Waals surface area contributed by atoms with Gasteiger partial charge in [-0.2, -0.15) is 0 Å². The van der Waals surface area contributed by atoms with Gasteiger partial charge in [-0.15, -0.1) is 0 Å². The molecule has 2 rings (SSSR count). The zero-order valence-corrected chi connectivity index (χ0v) is 12.1. The maximum atomic E-state index is 12.3. The Kier molecular flexibility index (Phi) is 4.59. The Balaban J connectivity index is 2.02. The maximum absolute atomic E-state index is 12.3. The first-order valence-electron chi connectivity index (χ1n) is 7.17. The fourth-order valence-corrected chi connectivity index (χ4v) is 2.46. The van der Waals surface area contributed by atoms with E-state index in [1.165, 1.54) is 5.56 Å². The van der Waals surface area contributed by atoms with Gasteiger partial charge < -0.3 is 10.6 Å². The molecule has 0 bridgehead atoms. The molecule has 1 aromatic rings. The number of hydrogen-bond acceptors (Lipinski definition) is 2. The lowest BCUT2D eigenvalue weighted by Gasteiger charge is -2.13. The summed E-state index contributed by atoms with van der Waals surface area (Å²) in [5.74, 6) is 1.09. The number of carbonyl (C=O) groups excluding carboxylic acids is 1. The van der Waals surface area contributed by atoms with E-state index < -0.39 is 0 Å². The van der Waals surface area contributed by atoms with Crippen LogP contribution in [0.15, 0.2) is 18.2 Å². The molecule has 1 unspecified atom stereocenters. The smallest absolute Gasteiger partial charge is 0.251 e. The zero-order valence-electron chi connectivity index (χ0n) is 12.1. The number of nitrogens with one attached hydrogen (secondary N) is 2. The van der Waals surface area contributed by atoms with Crippen molar-refractivity contribution in [1.82, 2.24) is 10.6 Å². The van der Waals surface area contributed by atoms with E-state index in [0.717, 1.165) is 37.2 Å². The predicted octanol–water partition coefficient (Wildman–Crippen LogP) is 2.46. The van der Waals surface area contributed by atoms with Gasteiger partial charge in [-0.1, -0.05) is 26.0 Å². The zero-order chi connectivity index (χ0) is 13.8. The summed E-state index contributed by atoms with van der Waals surface area (Å²) in [4.78, 5) is 12.3. The van der Waals surface area contributed by atoms with Crippen LogP contribution in [0.1, 0.15) is 47.7 Å². The lowest BCUT2D eigenvalue weighted by atomic mass is 9.97. The van der Waals surface area contributed by atoms with Gasteiger partial charge >= 0.3 is 0 Å². The van der Waals surface area contributed by atoms with Crippen LogP contribution in [0, 0.1) is 12.8 Å². The quantitative estimate of drug-likeness (QED) is 0.873. The van der Waals surface area contributed by atoms with Crippen molar-refractivity contribution in [1.29, 1.82) is 0 Å². The Labute approximate surface area is 115 Å². The van der Waals surface area contributed by atoms with Crippen LogP contribution in [0.2, 0.25) is 0 Å². The van der Waals surface area contributed by atoms with Crippen molar-refractivity contribution in [3.05, 3.63) is 34.9 Å². The van der Waals surface area contributed by atoms with Gasteiger partial charge in [0.25, 0.3) is 5.91 Å². The summed E-state index contributed by atoms with van der Waals surface area (Å²) in [5.41, 5.74) is 3.09. The van der Waals surface area contributed by atoms with Crippen LogP contribution < -0.4 is 10.6 Å². The monoisotopic (exact) mass is 260 g/mol. The van der Waals surface area contributed by atoms with Crippen molar-refractivity contribution in [3.8, 4) is 0 Å². The molecule has 104 valence electrons. The van der Waals surface area contributed by atoms with E-state index in [1.54, 1.807) is 0 Å². The van der Waals surface area contributed by atoms with Crippen molar-refractivity contribution in [2.24, 2.45) is 5.92 Å². The van der Waals surface area contributed by atoms with E-state index >= 15 is 0 Å². The summed E-state index contributed by atoms with van der Waals surface area (Å²) in [6.45, 7) is 9.16. The first-order chi connectivity index (χ1) is 9.08. The second-order valence-corrected chi connectivity index (χ2v) is 5.80. The largest absolute Gasteiger partial charge is 0.352 e. The Morgan fingerprint density at radius 1 is 1.47 bits per heavy atom. The maximum Gasteiger partial charge on any atom is 0.251 e. The van der Waals surface area contributed by atoms with E-state index in [-0.39, 0.29) is 5.91 Å². The van der Waals surface area contributed by atoms with Gasteiger partial charge in [-0.3, -0.25) is 4.79 Å². The molecule has 0 radical (unpaired) electrons. The number of aryl methyl sites for hydroxylation is 1. The van der Waals surface area contributed by atoms with E-state index in [9.17, 15) is 4.79 Å². The van der Waals surface area contributed by atoms with Gasteiger partial charge in [0.15, 0.2) is 0 Å². The molecule has 1 aromatic carbocycles. The van der Waals surface area contributed by atoms with Gasteiger partial charge in [0, 0.05) is 12.1 Å². The second kappa shape index (κ2) is 6.20. The summed E-state index contributed by atoms with van der Waals surface area (Å²) in [6.07, 6.45) is 1.16. The normalized spacial score (nSPS) is 18.8. The average Bonchev–Trinajstić information content (AvgIpc) is 2.89. The minimum absolute atomic E-state index is 0.0619. The molecular weight excluding hydrogens is 236 g/mol. The molecule has 1 saturated heterocycles. The first-order valence-corrected chi connectivity index (χ1v) is 7.17. The molecule has 1 amide bonds. The molecule has 0 spiro atoms. The molecule has 1 fully saturated rings. The summed E-state index contributed by atoms with van der Waals surface area (Å²) in [7, 11) is 0. The van der Waals surface area contributed by atoms with Gasteiger partial charge in [0.1, 0.15) is 0 Å². The minimum Gasteiger partial charge on any atom is -0.352 e. The van der Waals surface area contributed by atoms with Crippen molar-refractivity contribution in [2.75, 3.05) is 19.6 Å². The lowest BCUT2D eigenvalue weighted by molar-refractivity contribution is 0.0947. The van der Waals surface area contributed by atoms with E-state index in [2.05, 4.69) is 30.5 Å². The predicted molar refractivity (Wildman–Crippen MR) is 78.6 cm³/mol. The van der Waals surface area contributed by atoms with Crippen LogP contribution in [0.5, 0.6) is 0 Å². The Hall–Kier alpha value is -1.35. The summed E-state index contributed by atoms with van der Waals surface area (Å²) in [6, 6.07) is 6.18. The molecule has 3 nitrogen and oxygen atoms in total. The van der Waals surface area contributed by atoms with E-state index in [0.29, 0.717) is 11.8 Å². The minimum atomic E-state index is 0.0619. The molecule has 19 heavy (non-hydrogen) atoms. The molecule has 0 aromatic heterocycles. The number of benzene rings is 1. The van der Waals surface area contributed by atoms with Crippen molar-refractivity contribution < 1.29 is 4.79 Å². The highest BCUT2D eigenvalue weighted by Gasteiger charge is 2.17. The molecule has 1 heterocycles. The summed E-state index contributed by atoms with van der Waals surface area (Å²) >= 11 is 0. The molecular formula is C16H24N2O. The SMILES string of the molecule is Cc1ccc(C(C)C)cc1C(=O)NCC1CCNC1. The average molecular weight is 260 g/mol. The van der Waals surface area contributed by atoms with Crippen LogP contribution in [0.25, 0.3) is 0 Å².